The number of carbonyl (C=O) groups is 1. The van der Waals surface area contributed by atoms with Crippen LogP contribution in [0.5, 0.6) is 0 Å². The van der Waals surface area contributed by atoms with E-state index in [2.05, 4.69) is 9.80 Å². The normalized spacial score (nSPS) is 19.6. The van der Waals surface area contributed by atoms with Crippen LogP contribution < -0.4 is 10.6 Å². The molecule has 2 N–H and O–H groups in total. The van der Waals surface area contributed by atoms with Gasteiger partial charge in [0.2, 0.25) is 0 Å². The predicted molar refractivity (Wildman–Crippen MR) is 83.6 cm³/mol. The van der Waals surface area contributed by atoms with E-state index in [1.165, 1.54) is 26.5 Å². The van der Waals surface area contributed by atoms with Gasteiger partial charge < -0.3 is 15.4 Å². The minimum atomic E-state index is -0.322. The van der Waals surface area contributed by atoms with Crippen LogP contribution in [0.25, 0.3) is 0 Å². The van der Waals surface area contributed by atoms with E-state index in [-0.39, 0.29) is 5.97 Å². The number of para-hydroxylation sites is 1. The Balaban J connectivity index is 1.73. The fourth-order valence-corrected chi connectivity index (χ4v) is 3.01. The van der Waals surface area contributed by atoms with Gasteiger partial charge in [-0.15, -0.1) is 0 Å². The summed E-state index contributed by atoms with van der Waals surface area (Å²) in [6, 6.07) is 5.43. The van der Waals surface area contributed by atoms with Crippen molar-refractivity contribution in [3.05, 3.63) is 23.8 Å². The molecule has 1 saturated heterocycles. The smallest absolute Gasteiger partial charge is 0.340 e. The Morgan fingerprint density at radius 2 is 2.00 bits per heavy atom. The molecule has 0 unspecified atom stereocenters. The average Bonchev–Trinajstić information content (AvgIpc) is 3.31. The van der Waals surface area contributed by atoms with E-state index in [0.717, 1.165) is 37.8 Å². The lowest BCUT2D eigenvalue weighted by atomic mass is 10.1. The molecule has 5 nitrogen and oxygen atoms in total. The van der Waals surface area contributed by atoms with Gasteiger partial charge >= 0.3 is 5.97 Å². The largest absolute Gasteiger partial charge is 0.465 e. The van der Waals surface area contributed by atoms with Gasteiger partial charge in [-0.3, -0.25) is 4.90 Å². The molecule has 0 aromatic heterocycles. The van der Waals surface area contributed by atoms with E-state index in [0.29, 0.717) is 11.3 Å². The Morgan fingerprint density at radius 3 is 2.62 bits per heavy atom. The number of ether oxygens (including phenoxy) is 1. The second-order valence-electron chi connectivity index (χ2n) is 5.97. The lowest BCUT2D eigenvalue weighted by molar-refractivity contribution is 0.0601. The topological polar surface area (TPSA) is 58.8 Å². The van der Waals surface area contributed by atoms with Crippen molar-refractivity contribution in [2.75, 3.05) is 50.5 Å². The number of piperazine rings is 1. The number of hydrogen-bond donors (Lipinski definition) is 1. The minimum Gasteiger partial charge on any atom is -0.465 e. The Kier molecular flexibility index (Phi) is 4.01. The fraction of sp³-hybridized carbons (Fsp3) is 0.562. The van der Waals surface area contributed by atoms with Gasteiger partial charge in [0, 0.05) is 32.7 Å². The number of methoxy groups -OCH3 is 1. The molecule has 114 valence electrons. The van der Waals surface area contributed by atoms with Gasteiger partial charge in [0.25, 0.3) is 0 Å². The number of rotatable bonds is 4. The highest BCUT2D eigenvalue weighted by Crippen LogP contribution is 2.32. The molecule has 2 fully saturated rings. The maximum atomic E-state index is 11.9. The third-order valence-electron chi connectivity index (χ3n) is 4.37. The molecule has 0 amide bonds. The number of esters is 1. The van der Waals surface area contributed by atoms with E-state index in [1.807, 2.05) is 6.07 Å². The average molecular weight is 289 g/mol. The Morgan fingerprint density at radius 1 is 1.29 bits per heavy atom. The zero-order valence-corrected chi connectivity index (χ0v) is 12.5. The van der Waals surface area contributed by atoms with E-state index < -0.39 is 0 Å². The zero-order chi connectivity index (χ0) is 14.8. The highest BCUT2D eigenvalue weighted by atomic mass is 16.5. The van der Waals surface area contributed by atoms with Crippen molar-refractivity contribution in [2.24, 2.45) is 5.92 Å². The molecule has 2 aliphatic rings. The SMILES string of the molecule is COC(=O)c1cccc(N)c1N1CCN(CC2CC2)CC1. The third kappa shape index (κ3) is 3.13. The molecule has 1 aromatic rings. The highest BCUT2D eigenvalue weighted by Gasteiger charge is 2.28. The van der Waals surface area contributed by atoms with Crippen molar-refractivity contribution < 1.29 is 9.53 Å². The van der Waals surface area contributed by atoms with Crippen molar-refractivity contribution in [1.29, 1.82) is 0 Å². The van der Waals surface area contributed by atoms with Gasteiger partial charge in [-0.05, 0) is 30.9 Å². The molecule has 5 heteroatoms. The summed E-state index contributed by atoms with van der Waals surface area (Å²) in [5, 5.41) is 0. The summed E-state index contributed by atoms with van der Waals surface area (Å²) in [5.41, 5.74) is 8.15. The lowest BCUT2D eigenvalue weighted by Gasteiger charge is -2.37. The Labute approximate surface area is 125 Å². The summed E-state index contributed by atoms with van der Waals surface area (Å²) in [5.74, 6) is 0.599. The van der Waals surface area contributed by atoms with Crippen LogP contribution in [-0.2, 0) is 4.74 Å². The van der Waals surface area contributed by atoms with Crippen molar-refractivity contribution in [3.8, 4) is 0 Å². The maximum absolute atomic E-state index is 11.9. The van der Waals surface area contributed by atoms with Crippen LogP contribution in [-0.4, -0.2) is 50.7 Å². The first-order valence-corrected chi connectivity index (χ1v) is 7.63. The summed E-state index contributed by atoms with van der Waals surface area (Å²) < 4.78 is 4.87. The molecule has 0 atom stereocenters. The van der Waals surface area contributed by atoms with Crippen LogP contribution >= 0.6 is 0 Å². The number of anilines is 2. The molecular weight excluding hydrogens is 266 g/mol. The summed E-state index contributed by atoms with van der Waals surface area (Å²) in [6.07, 6.45) is 2.77. The zero-order valence-electron chi connectivity index (χ0n) is 12.5. The van der Waals surface area contributed by atoms with E-state index >= 15 is 0 Å². The van der Waals surface area contributed by atoms with E-state index in [1.54, 1.807) is 12.1 Å². The molecule has 1 aliphatic carbocycles. The van der Waals surface area contributed by atoms with Crippen molar-refractivity contribution in [2.45, 2.75) is 12.8 Å². The first kappa shape index (κ1) is 14.2. The number of nitrogens with two attached hydrogens (primary N) is 1. The number of nitrogen functional groups attached to an aromatic ring is 1. The molecule has 1 heterocycles. The molecule has 0 bridgehead atoms. The van der Waals surface area contributed by atoms with Crippen molar-refractivity contribution >= 4 is 17.3 Å². The maximum Gasteiger partial charge on any atom is 0.340 e. The van der Waals surface area contributed by atoms with E-state index in [9.17, 15) is 4.79 Å². The minimum absolute atomic E-state index is 0.322. The second-order valence-corrected chi connectivity index (χ2v) is 5.97. The second kappa shape index (κ2) is 5.93. The van der Waals surface area contributed by atoms with Gasteiger partial charge in [-0.2, -0.15) is 0 Å². The van der Waals surface area contributed by atoms with Crippen LogP contribution in [0.15, 0.2) is 18.2 Å². The third-order valence-corrected chi connectivity index (χ3v) is 4.37. The van der Waals surface area contributed by atoms with Crippen LogP contribution in [0.1, 0.15) is 23.2 Å². The first-order chi connectivity index (χ1) is 10.2. The van der Waals surface area contributed by atoms with Crippen LogP contribution in [0.2, 0.25) is 0 Å². The first-order valence-electron chi connectivity index (χ1n) is 7.63. The van der Waals surface area contributed by atoms with Gasteiger partial charge in [0.1, 0.15) is 0 Å². The molecule has 1 saturated carbocycles. The van der Waals surface area contributed by atoms with Crippen molar-refractivity contribution in [3.63, 3.8) is 0 Å². The molecule has 21 heavy (non-hydrogen) atoms. The summed E-state index contributed by atoms with van der Waals surface area (Å²) in [6.45, 7) is 5.11. The molecule has 3 rings (SSSR count). The molecule has 0 radical (unpaired) electrons. The molecule has 1 aromatic carbocycles. The van der Waals surface area contributed by atoms with Crippen LogP contribution in [0.4, 0.5) is 11.4 Å². The number of hydrogen-bond acceptors (Lipinski definition) is 5. The summed E-state index contributed by atoms with van der Waals surface area (Å²) in [7, 11) is 1.41. The number of nitrogens with zero attached hydrogens (tertiary/aromatic N) is 2. The fourth-order valence-electron chi connectivity index (χ4n) is 3.01. The van der Waals surface area contributed by atoms with Gasteiger partial charge in [-0.1, -0.05) is 6.07 Å². The van der Waals surface area contributed by atoms with Gasteiger partial charge in [0.15, 0.2) is 0 Å². The van der Waals surface area contributed by atoms with Crippen LogP contribution in [0.3, 0.4) is 0 Å². The number of benzene rings is 1. The van der Waals surface area contributed by atoms with Crippen LogP contribution in [0, 0.1) is 5.92 Å². The van der Waals surface area contributed by atoms with Gasteiger partial charge in [0.05, 0.1) is 24.0 Å². The standard InChI is InChI=1S/C16H23N3O2/c1-21-16(20)13-3-2-4-14(17)15(13)19-9-7-18(8-10-19)11-12-5-6-12/h2-4,12H,5-11,17H2,1H3. The molecule has 1 aliphatic heterocycles. The van der Waals surface area contributed by atoms with Gasteiger partial charge in [-0.25, -0.2) is 4.79 Å². The quantitative estimate of drug-likeness (QED) is 0.674. The monoisotopic (exact) mass is 289 g/mol. The Hall–Kier alpha value is -1.75. The number of carbonyl (C=O) groups excluding carboxylic acids is 1. The summed E-state index contributed by atoms with van der Waals surface area (Å²) in [4.78, 5) is 16.7. The predicted octanol–water partition coefficient (Wildman–Crippen LogP) is 1.59. The Bertz CT molecular complexity index is 520. The summed E-state index contributed by atoms with van der Waals surface area (Å²) >= 11 is 0. The highest BCUT2D eigenvalue weighted by molar-refractivity contribution is 5.99. The molecular formula is C16H23N3O2. The van der Waals surface area contributed by atoms with Crippen molar-refractivity contribution in [1.82, 2.24) is 4.90 Å². The van der Waals surface area contributed by atoms with E-state index in [4.69, 9.17) is 10.5 Å². The lowest BCUT2D eigenvalue weighted by Crippen LogP contribution is -2.47. The molecule has 0 spiro atoms.